The molecule has 5 nitrogen and oxygen atoms in total. The van der Waals surface area contributed by atoms with Gasteiger partial charge < -0.3 is 4.90 Å². The Balaban J connectivity index is 1.57. The molecule has 2 aliphatic rings. The van der Waals surface area contributed by atoms with Crippen molar-refractivity contribution < 1.29 is 19.2 Å². The molecule has 0 bridgehead atoms. The zero-order chi connectivity index (χ0) is 18.3. The fourth-order valence-corrected chi connectivity index (χ4v) is 4.27. The number of benzene rings is 2. The molecule has 4 rings (SSSR count). The number of nitrogens with zero attached hydrogens (tertiary/aromatic N) is 1. The Labute approximate surface area is 150 Å². The van der Waals surface area contributed by atoms with Gasteiger partial charge in [0.05, 0.1) is 5.41 Å². The highest BCUT2D eigenvalue weighted by Gasteiger charge is 2.50. The predicted octanol–water partition coefficient (Wildman–Crippen LogP) is 2.46. The van der Waals surface area contributed by atoms with Gasteiger partial charge in [-0.1, -0.05) is 24.3 Å². The van der Waals surface area contributed by atoms with Crippen LogP contribution in [0.25, 0.3) is 0 Å². The number of rotatable bonds is 3. The number of nitrogens with one attached hydrogen (secondary N) is 1. The van der Waals surface area contributed by atoms with Crippen molar-refractivity contribution in [2.24, 2.45) is 5.41 Å². The second-order valence-corrected chi connectivity index (χ2v) is 7.12. The van der Waals surface area contributed by atoms with Gasteiger partial charge in [0.2, 0.25) is 5.91 Å². The summed E-state index contributed by atoms with van der Waals surface area (Å²) in [6.07, 6.45) is 1.79. The maximum atomic E-state index is 13.4. The Morgan fingerprint density at radius 3 is 2.81 bits per heavy atom. The van der Waals surface area contributed by atoms with Gasteiger partial charge in [-0.25, -0.2) is 9.87 Å². The molecule has 1 atom stereocenters. The molecule has 0 aromatic heterocycles. The highest BCUT2D eigenvalue weighted by atomic mass is 19.1. The first-order valence-corrected chi connectivity index (χ1v) is 8.61. The van der Waals surface area contributed by atoms with Crippen LogP contribution in [0.5, 0.6) is 0 Å². The van der Waals surface area contributed by atoms with Gasteiger partial charge in [0.1, 0.15) is 5.82 Å². The zero-order valence-corrected chi connectivity index (χ0v) is 14.2. The number of halogens is 1. The topological polar surface area (TPSA) is 69.6 Å². The molecular formula is C20H19FN2O3. The van der Waals surface area contributed by atoms with E-state index in [4.69, 9.17) is 5.21 Å². The van der Waals surface area contributed by atoms with Crippen LogP contribution in [0.15, 0.2) is 42.5 Å². The third kappa shape index (κ3) is 2.66. The number of carbonyl (C=O) groups excluding carboxylic acids is 2. The van der Waals surface area contributed by atoms with E-state index in [1.54, 1.807) is 28.6 Å². The van der Waals surface area contributed by atoms with Gasteiger partial charge >= 0.3 is 0 Å². The minimum atomic E-state index is -0.555. The molecule has 1 saturated heterocycles. The van der Waals surface area contributed by atoms with Crippen LogP contribution in [0.3, 0.4) is 0 Å². The zero-order valence-electron chi connectivity index (χ0n) is 14.2. The molecule has 134 valence electrons. The minimum Gasteiger partial charge on any atom is -0.338 e. The molecule has 26 heavy (non-hydrogen) atoms. The van der Waals surface area contributed by atoms with Gasteiger partial charge in [-0.05, 0) is 54.2 Å². The summed E-state index contributed by atoms with van der Waals surface area (Å²) in [6, 6.07) is 11.7. The number of hydrogen-bond donors (Lipinski definition) is 2. The van der Waals surface area contributed by atoms with E-state index in [2.05, 4.69) is 0 Å². The summed E-state index contributed by atoms with van der Waals surface area (Å²) in [5.74, 6) is -0.814. The van der Waals surface area contributed by atoms with Crippen LogP contribution in [-0.4, -0.2) is 28.5 Å². The van der Waals surface area contributed by atoms with Gasteiger partial charge in [-0.15, -0.1) is 0 Å². The lowest BCUT2D eigenvalue weighted by Crippen LogP contribution is -2.35. The fraction of sp³-hybridized carbons (Fsp3) is 0.300. The number of amides is 2. The molecule has 1 unspecified atom stereocenters. The van der Waals surface area contributed by atoms with Crippen molar-refractivity contribution in [1.29, 1.82) is 0 Å². The van der Waals surface area contributed by atoms with Crippen LogP contribution in [0.2, 0.25) is 0 Å². The summed E-state index contributed by atoms with van der Waals surface area (Å²) >= 11 is 0. The van der Waals surface area contributed by atoms with Gasteiger partial charge in [-0.2, -0.15) is 0 Å². The van der Waals surface area contributed by atoms with Crippen LogP contribution in [0.4, 0.5) is 4.39 Å². The van der Waals surface area contributed by atoms with Gasteiger partial charge in [0.15, 0.2) is 0 Å². The Bertz CT molecular complexity index is 898. The van der Waals surface area contributed by atoms with Crippen LogP contribution >= 0.6 is 0 Å². The highest BCUT2D eigenvalue weighted by Crippen LogP contribution is 2.46. The minimum absolute atomic E-state index is 0.0494. The van der Waals surface area contributed by atoms with E-state index in [0.717, 1.165) is 16.7 Å². The molecule has 0 radical (unpaired) electrons. The van der Waals surface area contributed by atoms with E-state index in [-0.39, 0.29) is 11.7 Å². The van der Waals surface area contributed by atoms with Crippen LogP contribution in [0, 0.1) is 11.2 Å². The second-order valence-electron chi connectivity index (χ2n) is 7.12. The monoisotopic (exact) mass is 354 g/mol. The van der Waals surface area contributed by atoms with Crippen LogP contribution in [0.1, 0.15) is 33.5 Å². The second kappa shape index (κ2) is 6.21. The SMILES string of the molecule is O=C(NO)c1cccc2c1CC1(CCN(Cc3cccc(F)c3)C1=O)C2. The van der Waals surface area contributed by atoms with Crippen molar-refractivity contribution >= 4 is 11.8 Å². The van der Waals surface area contributed by atoms with Crippen molar-refractivity contribution in [3.63, 3.8) is 0 Å². The molecular weight excluding hydrogens is 335 g/mol. The molecule has 2 N–H and O–H groups in total. The summed E-state index contributed by atoms with van der Waals surface area (Å²) in [6.45, 7) is 1.00. The van der Waals surface area contributed by atoms with Gasteiger partial charge in [-0.3, -0.25) is 14.8 Å². The normalized spacial score (nSPS) is 21.3. The number of hydroxylamine groups is 1. The molecule has 1 aliphatic carbocycles. The molecule has 2 amide bonds. The summed E-state index contributed by atoms with van der Waals surface area (Å²) in [5, 5.41) is 8.95. The van der Waals surface area contributed by atoms with Crippen molar-refractivity contribution in [3.05, 3.63) is 70.5 Å². The first kappa shape index (κ1) is 16.7. The van der Waals surface area contributed by atoms with Crippen LogP contribution in [-0.2, 0) is 24.2 Å². The first-order valence-electron chi connectivity index (χ1n) is 8.61. The Hall–Kier alpha value is -2.73. The number of carbonyl (C=O) groups is 2. The number of fused-ring (bicyclic) bond motifs is 1. The summed E-state index contributed by atoms with van der Waals surface area (Å²) in [5.41, 5.74) is 4.13. The van der Waals surface area contributed by atoms with E-state index in [0.29, 0.717) is 37.9 Å². The third-order valence-corrected chi connectivity index (χ3v) is 5.53. The summed E-state index contributed by atoms with van der Waals surface area (Å²) in [7, 11) is 0. The first-order chi connectivity index (χ1) is 12.5. The van der Waals surface area contributed by atoms with Crippen molar-refractivity contribution in [1.82, 2.24) is 10.4 Å². The molecule has 0 saturated carbocycles. The molecule has 1 aliphatic heterocycles. The summed E-state index contributed by atoms with van der Waals surface area (Å²) in [4.78, 5) is 26.8. The molecule has 2 aromatic carbocycles. The lowest BCUT2D eigenvalue weighted by Gasteiger charge is -2.23. The molecule has 1 heterocycles. The molecule has 6 heteroatoms. The van der Waals surface area contributed by atoms with E-state index < -0.39 is 11.3 Å². The smallest absolute Gasteiger partial charge is 0.274 e. The third-order valence-electron chi connectivity index (χ3n) is 5.53. The maximum absolute atomic E-state index is 13.4. The lowest BCUT2D eigenvalue weighted by atomic mass is 9.83. The molecule has 2 aromatic rings. The lowest BCUT2D eigenvalue weighted by molar-refractivity contribution is -0.136. The van der Waals surface area contributed by atoms with E-state index in [9.17, 15) is 14.0 Å². The van der Waals surface area contributed by atoms with Crippen molar-refractivity contribution in [2.45, 2.75) is 25.8 Å². The Morgan fingerprint density at radius 1 is 1.23 bits per heavy atom. The quantitative estimate of drug-likeness (QED) is 0.657. The van der Waals surface area contributed by atoms with E-state index in [1.165, 1.54) is 12.1 Å². The Kier molecular flexibility index (Phi) is 4.00. The number of hydrogen-bond acceptors (Lipinski definition) is 3. The molecule has 1 spiro atoms. The van der Waals surface area contributed by atoms with Crippen molar-refractivity contribution in [3.8, 4) is 0 Å². The summed E-state index contributed by atoms with van der Waals surface area (Å²) < 4.78 is 13.4. The van der Waals surface area contributed by atoms with Gasteiger partial charge in [0, 0.05) is 18.7 Å². The van der Waals surface area contributed by atoms with Crippen molar-refractivity contribution in [2.75, 3.05) is 6.54 Å². The van der Waals surface area contributed by atoms with E-state index >= 15 is 0 Å². The fourth-order valence-electron chi connectivity index (χ4n) is 4.27. The maximum Gasteiger partial charge on any atom is 0.274 e. The molecule has 1 fully saturated rings. The van der Waals surface area contributed by atoms with Gasteiger partial charge in [0.25, 0.3) is 5.91 Å². The highest BCUT2D eigenvalue weighted by molar-refractivity contribution is 5.96. The number of likely N-dealkylation sites (tertiary alicyclic amines) is 1. The Morgan fingerprint density at radius 2 is 2.04 bits per heavy atom. The standard InChI is InChI=1S/C20H19FN2O3/c21-15-5-1-3-13(9-15)12-23-8-7-20(19(23)25)10-14-4-2-6-16(17(14)11-20)18(24)22-26/h1-6,9,26H,7-8,10-12H2,(H,22,24). The average molecular weight is 354 g/mol. The largest absolute Gasteiger partial charge is 0.338 e. The average Bonchev–Trinajstić information content (AvgIpc) is 3.16. The van der Waals surface area contributed by atoms with E-state index in [1.807, 2.05) is 12.1 Å². The predicted molar refractivity (Wildman–Crippen MR) is 92.0 cm³/mol. The van der Waals surface area contributed by atoms with Crippen LogP contribution < -0.4 is 5.48 Å².